The van der Waals surface area contributed by atoms with Crippen LogP contribution in [-0.2, 0) is 13.0 Å². The highest BCUT2D eigenvalue weighted by atomic mass is 16.5. The Hall–Kier alpha value is -1.94. The van der Waals surface area contributed by atoms with Gasteiger partial charge in [0.2, 0.25) is 5.88 Å². The van der Waals surface area contributed by atoms with E-state index in [1.165, 1.54) is 18.4 Å². The van der Waals surface area contributed by atoms with Gasteiger partial charge in [0.15, 0.2) is 0 Å². The Morgan fingerprint density at radius 1 is 1.35 bits per heavy atom. The lowest BCUT2D eigenvalue weighted by molar-refractivity contribution is 0.457. The Morgan fingerprint density at radius 3 is 2.95 bits per heavy atom. The molecule has 0 unspecified atom stereocenters. The minimum atomic E-state index is 0.643. The lowest BCUT2D eigenvalue weighted by Crippen LogP contribution is -2.15. The van der Waals surface area contributed by atoms with Crippen molar-refractivity contribution in [2.45, 2.75) is 38.8 Å². The second kappa shape index (κ2) is 6.01. The zero-order valence-corrected chi connectivity index (χ0v) is 11.7. The standard InChI is InChI=1S/C16H19N3O/c1-2-13-8-12(10-18-14-5-6-14)9-16(19-13)20-15-4-3-7-17-11-15/h3-4,7-9,11,14,18H,2,5-6,10H2,1H3. The molecule has 4 nitrogen and oxygen atoms in total. The van der Waals surface area contributed by atoms with Gasteiger partial charge in [0.1, 0.15) is 5.75 Å². The molecule has 0 spiro atoms. The van der Waals surface area contributed by atoms with Crippen LogP contribution in [0.3, 0.4) is 0 Å². The Balaban J connectivity index is 1.76. The summed E-state index contributed by atoms with van der Waals surface area (Å²) in [5.74, 6) is 1.36. The van der Waals surface area contributed by atoms with Crippen LogP contribution in [-0.4, -0.2) is 16.0 Å². The summed E-state index contributed by atoms with van der Waals surface area (Å²) in [4.78, 5) is 8.56. The Kier molecular flexibility index (Phi) is 3.92. The van der Waals surface area contributed by atoms with Gasteiger partial charge >= 0.3 is 0 Å². The van der Waals surface area contributed by atoms with Gasteiger partial charge in [-0.2, -0.15) is 0 Å². The van der Waals surface area contributed by atoms with Gasteiger partial charge in [-0.25, -0.2) is 4.98 Å². The highest BCUT2D eigenvalue weighted by Gasteiger charge is 2.20. The predicted octanol–water partition coefficient (Wildman–Crippen LogP) is 3.08. The zero-order valence-electron chi connectivity index (χ0n) is 11.7. The minimum Gasteiger partial charge on any atom is -0.437 e. The number of aryl methyl sites for hydroxylation is 1. The highest BCUT2D eigenvalue weighted by molar-refractivity contribution is 5.29. The first-order valence-electron chi connectivity index (χ1n) is 7.14. The summed E-state index contributed by atoms with van der Waals surface area (Å²) in [6.45, 7) is 2.98. The van der Waals surface area contributed by atoms with Crippen molar-refractivity contribution >= 4 is 0 Å². The first-order valence-corrected chi connectivity index (χ1v) is 7.14. The molecule has 0 bridgehead atoms. The largest absolute Gasteiger partial charge is 0.437 e. The van der Waals surface area contributed by atoms with Crippen molar-refractivity contribution < 1.29 is 4.74 Å². The first kappa shape index (κ1) is 13.1. The molecule has 1 aliphatic carbocycles. The number of hydrogen-bond donors (Lipinski definition) is 1. The summed E-state index contributed by atoms with van der Waals surface area (Å²) in [6, 6.07) is 8.59. The lowest BCUT2D eigenvalue weighted by Gasteiger charge is -2.09. The number of nitrogens with zero attached hydrogens (tertiary/aromatic N) is 2. The van der Waals surface area contributed by atoms with Crippen LogP contribution in [0.4, 0.5) is 0 Å². The fraction of sp³-hybridized carbons (Fsp3) is 0.375. The van der Waals surface area contributed by atoms with E-state index in [0.717, 1.165) is 18.7 Å². The van der Waals surface area contributed by atoms with Gasteiger partial charge < -0.3 is 10.1 Å². The summed E-state index contributed by atoms with van der Waals surface area (Å²) in [5.41, 5.74) is 2.28. The van der Waals surface area contributed by atoms with E-state index in [1.807, 2.05) is 18.2 Å². The van der Waals surface area contributed by atoms with Crippen molar-refractivity contribution in [3.05, 3.63) is 47.9 Å². The van der Waals surface area contributed by atoms with Crippen LogP contribution >= 0.6 is 0 Å². The van der Waals surface area contributed by atoms with Crippen LogP contribution in [0.25, 0.3) is 0 Å². The minimum absolute atomic E-state index is 0.643. The summed E-state index contributed by atoms with van der Waals surface area (Å²) in [5, 5.41) is 3.52. The van der Waals surface area contributed by atoms with E-state index in [2.05, 4.69) is 28.3 Å². The van der Waals surface area contributed by atoms with Crippen LogP contribution in [0.1, 0.15) is 31.0 Å². The van der Waals surface area contributed by atoms with Gasteiger partial charge in [0, 0.05) is 30.5 Å². The quantitative estimate of drug-likeness (QED) is 0.875. The fourth-order valence-corrected chi connectivity index (χ4v) is 2.03. The molecule has 1 aliphatic rings. The average molecular weight is 269 g/mol. The highest BCUT2D eigenvalue weighted by Crippen LogP contribution is 2.22. The van der Waals surface area contributed by atoms with Crippen molar-refractivity contribution in [2.24, 2.45) is 0 Å². The van der Waals surface area contributed by atoms with Gasteiger partial charge in [0.25, 0.3) is 0 Å². The second-order valence-corrected chi connectivity index (χ2v) is 5.10. The SMILES string of the molecule is CCc1cc(CNC2CC2)cc(Oc2cccnc2)n1. The average Bonchev–Trinajstić information content (AvgIpc) is 3.30. The van der Waals surface area contributed by atoms with E-state index in [1.54, 1.807) is 12.4 Å². The molecule has 2 aromatic heterocycles. The summed E-state index contributed by atoms with van der Waals surface area (Å²) in [6.07, 6.45) is 6.92. The number of pyridine rings is 2. The van der Waals surface area contributed by atoms with Crippen molar-refractivity contribution in [3.8, 4) is 11.6 Å². The van der Waals surface area contributed by atoms with E-state index in [0.29, 0.717) is 17.7 Å². The third-order valence-corrected chi connectivity index (χ3v) is 3.31. The topological polar surface area (TPSA) is 47.0 Å². The Labute approximate surface area is 119 Å². The molecule has 3 rings (SSSR count). The molecule has 104 valence electrons. The molecule has 0 aliphatic heterocycles. The molecular weight excluding hydrogens is 250 g/mol. The van der Waals surface area contributed by atoms with E-state index in [4.69, 9.17) is 4.74 Å². The Morgan fingerprint density at radius 2 is 2.25 bits per heavy atom. The molecule has 0 saturated heterocycles. The monoisotopic (exact) mass is 269 g/mol. The molecule has 2 aromatic rings. The van der Waals surface area contributed by atoms with Gasteiger partial charge in [-0.15, -0.1) is 0 Å². The molecule has 0 amide bonds. The number of ether oxygens (including phenoxy) is 1. The Bertz CT molecular complexity index is 567. The van der Waals surface area contributed by atoms with Gasteiger partial charge in [0.05, 0.1) is 6.20 Å². The lowest BCUT2D eigenvalue weighted by atomic mass is 10.2. The van der Waals surface area contributed by atoms with E-state index < -0.39 is 0 Å². The molecule has 1 N–H and O–H groups in total. The van der Waals surface area contributed by atoms with Crippen LogP contribution in [0.2, 0.25) is 0 Å². The molecule has 4 heteroatoms. The molecule has 1 saturated carbocycles. The van der Waals surface area contributed by atoms with Crippen molar-refractivity contribution in [1.29, 1.82) is 0 Å². The maximum Gasteiger partial charge on any atom is 0.219 e. The van der Waals surface area contributed by atoms with E-state index in [9.17, 15) is 0 Å². The molecular formula is C16H19N3O. The number of hydrogen-bond acceptors (Lipinski definition) is 4. The van der Waals surface area contributed by atoms with Crippen LogP contribution in [0.15, 0.2) is 36.7 Å². The third kappa shape index (κ3) is 3.54. The van der Waals surface area contributed by atoms with Gasteiger partial charge in [-0.05, 0) is 43.0 Å². The molecule has 20 heavy (non-hydrogen) atoms. The number of rotatable bonds is 6. The van der Waals surface area contributed by atoms with Crippen molar-refractivity contribution in [1.82, 2.24) is 15.3 Å². The smallest absolute Gasteiger partial charge is 0.219 e. The van der Waals surface area contributed by atoms with Gasteiger partial charge in [-0.3, -0.25) is 4.98 Å². The van der Waals surface area contributed by atoms with Crippen LogP contribution in [0.5, 0.6) is 11.6 Å². The molecule has 0 atom stereocenters. The molecule has 0 aromatic carbocycles. The maximum atomic E-state index is 5.78. The van der Waals surface area contributed by atoms with Crippen molar-refractivity contribution in [3.63, 3.8) is 0 Å². The van der Waals surface area contributed by atoms with E-state index in [-0.39, 0.29) is 0 Å². The zero-order chi connectivity index (χ0) is 13.8. The van der Waals surface area contributed by atoms with E-state index >= 15 is 0 Å². The third-order valence-electron chi connectivity index (χ3n) is 3.31. The van der Waals surface area contributed by atoms with Crippen LogP contribution in [0, 0.1) is 0 Å². The van der Waals surface area contributed by atoms with Gasteiger partial charge in [-0.1, -0.05) is 6.92 Å². The summed E-state index contributed by atoms with van der Waals surface area (Å²) >= 11 is 0. The summed E-state index contributed by atoms with van der Waals surface area (Å²) < 4.78 is 5.78. The van der Waals surface area contributed by atoms with Crippen LogP contribution < -0.4 is 10.1 Å². The first-order chi connectivity index (χ1) is 9.83. The molecule has 1 fully saturated rings. The predicted molar refractivity (Wildman–Crippen MR) is 77.8 cm³/mol. The second-order valence-electron chi connectivity index (χ2n) is 5.10. The number of aromatic nitrogens is 2. The maximum absolute atomic E-state index is 5.78. The normalized spacial score (nSPS) is 14.2. The molecule has 0 radical (unpaired) electrons. The fourth-order valence-electron chi connectivity index (χ4n) is 2.03. The summed E-state index contributed by atoms with van der Waals surface area (Å²) in [7, 11) is 0. The number of nitrogens with one attached hydrogen (secondary N) is 1. The van der Waals surface area contributed by atoms with Crippen molar-refractivity contribution in [2.75, 3.05) is 0 Å². The molecule has 2 heterocycles.